The summed E-state index contributed by atoms with van der Waals surface area (Å²) in [6.45, 7) is 4.32. The van der Waals surface area contributed by atoms with Crippen LogP contribution >= 0.6 is 11.6 Å². The van der Waals surface area contributed by atoms with Crippen molar-refractivity contribution >= 4 is 28.3 Å². The van der Waals surface area contributed by atoms with Gasteiger partial charge in [0.05, 0.1) is 5.52 Å². The van der Waals surface area contributed by atoms with Gasteiger partial charge in [0.1, 0.15) is 5.82 Å². The molecule has 2 aromatic carbocycles. The number of pyridine rings is 1. The van der Waals surface area contributed by atoms with E-state index in [0.29, 0.717) is 0 Å². The molecule has 3 heteroatoms. The summed E-state index contributed by atoms with van der Waals surface area (Å²) < 4.78 is 0. The van der Waals surface area contributed by atoms with Gasteiger partial charge in [-0.05, 0) is 61.4 Å². The molecule has 2 nitrogen and oxygen atoms in total. The molecule has 0 unspecified atom stereocenters. The van der Waals surface area contributed by atoms with Crippen LogP contribution in [0, 0.1) is 12.8 Å². The summed E-state index contributed by atoms with van der Waals surface area (Å²) in [6, 6.07) is 19.0. The van der Waals surface area contributed by atoms with Gasteiger partial charge in [-0.25, -0.2) is 4.98 Å². The van der Waals surface area contributed by atoms with Crippen molar-refractivity contribution in [2.24, 2.45) is 5.92 Å². The van der Waals surface area contributed by atoms with E-state index < -0.39 is 0 Å². The third-order valence-corrected chi connectivity index (χ3v) is 5.51. The van der Waals surface area contributed by atoms with E-state index in [9.17, 15) is 0 Å². The third-order valence-electron chi connectivity index (χ3n) is 5.27. The van der Waals surface area contributed by atoms with E-state index in [0.717, 1.165) is 35.4 Å². The first-order chi connectivity index (χ1) is 12.2. The molecule has 1 aliphatic rings. The smallest absolute Gasteiger partial charge is 0.129 e. The minimum absolute atomic E-state index is 0.748. The molecule has 2 heterocycles. The van der Waals surface area contributed by atoms with E-state index in [1.165, 1.54) is 35.8 Å². The Kier molecular flexibility index (Phi) is 4.63. The summed E-state index contributed by atoms with van der Waals surface area (Å²) in [5.41, 5.74) is 3.72. The topological polar surface area (TPSA) is 16.1 Å². The lowest BCUT2D eigenvalue weighted by Gasteiger charge is -2.33. The molecule has 0 atom stereocenters. The molecule has 1 fully saturated rings. The second kappa shape index (κ2) is 7.05. The molecule has 1 saturated heterocycles. The molecule has 0 aliphatic carbocycles. The summed E-state index contributed by atoms with van der Waals surface area (Å²) in [5, 5.41) is 1.94. The van der Waals surface area contributed by atoms with Crippen molar-refractivity contribution in [3.8, 4) is 0 Å². The van der Waals surface area contributed by atoms with Gasteiger partial charge in [0.2, 0.25) is 0 Å². The van der Waals surface area contributed by atoms with Gasteiger partial charge in [-0.2, -0.15) is 0 Å². The normalized spacial score (nSPS) is 15.7. The number of aryl methyl sites for hydroxylation is 1. The fourth-order valence-corrected chi connectivity index (χ4v) is 4.00. The molecular formula is C22H23ClN2. The maximum Gasteiger partial charge on any atom is 0.129 e. The Bertz CT molecular complexity index is 868. The fourth-order valence-electron chi connectivity index (χ4n) is 3.83. The van der Waals surface area contributed by atoms with Gasteiger partial charge in [-0.3, -0.25) is 0 Å². The molecule has 4 rings (SSSR count). The summed E-state index contributed by atoms with van der Waals surface area (Å²) in [5.74, 6) is 1.86. The first-order valence-electron chi connectivity index (χ1n) is 9.05. The van der Waals surface area contributed by atoms with Crippen LogP contribution < -0.4 is 4.90 Å². The molecule has 0 N–H and O–H groups in total. The van der Waals surface area contributed by atoms with Gasteiger partial charge in [-0.15, -0.1) is 0 Å². The average Bonchev–Trinajstić information content (AvgIpc) is 2.63. The highest BCUT2D eigenvalue weighted by molar-refractivity contribution is 6.31. The van der Waals surface area contributed by atoms with E-state index >= 15 is 0 Å². The number of hydrogen-bond donors (Lipinski definition) is 0. The number of fused-ring (bicyclic) bond motifs is 1. The Morgan fingerprint density at radius 2 is 1.80 bits per heavy atom. The summed E-state index contributed by atoms with van der Waals surface area (Å²) in [6.07, 6.45) is 3.64. The molecule has 128 valence electrons. The van der Waals surface area contributed by atoms with Gasteiger partial charge in [-0.1, -0.05) is 48.0 Å². The number of hydrogen-bond acceptors (Lipinski definition) is 2. The lowest BCUT2D eigenvalue weighted by atomic mass is 9.90. The number of nitrogens with zero attached hydrogens (tertiary/aromatic N) is 2. The minimum atomic E-state index is 0.748. The number of aromatic nitrogens is 1. The highest BCUT2D eigenvalue weighted by atomic mass is 35.5. The largest absolute Gasteiger partial charge is 0.357 e. The summed E-state index contributed by atoms with van der Waals surface area (Å²) in [4.78, 5) is 7.30. The molecule has 0 saturated carbocycles. The van der Waals surface area contributed by atoms with E-state index in [2.05, 4.69) is 54.3 Å². The third kappa shape index (κ3) is 3.64. The van der Waals surface area contributed by atoms with Crippen LogP contribution in [0.25, 0.3) is 10.9 Å². The molecule has 0 radical (unpaired) electrons. The summed E-state index contributed by atoms with van der Waals surface area (Å²) in [7, 11) is 0. The molecule has 3 aromatic rings. The molecule has 0 spiro atoms. The van der Waals surface area contributed by atoms with Crippen LogP contribution in [0.15, 0.2) is 54.6 Å². The van der Waals surface area contributed by atoms with Crippen LogP contribution in [0.5, 0.6) is 0 Å². The van der Waals surface area contributed by atoms with Gasteiger partial charge < -0.3 is 4.90 Å². The molecule has 25 heavy (non-hydrogen) atoms. The van der Waals surface area contributed by atoms with Crippen LogP contribution in [0.4, 0.5) is 5.82 Å². The first-order valence-corrected chi connectivity index (χ1v) is 9.42. The highest BCUT2D eigenvalue weighted by Gasteiger charge is 2.21. The van der Waals surface area contributed by atoms with Crippen molar-refractivity contribution < 1.29 is 0 Å². The maximum absolute atomic E-state index is 6.15. The van der Waals surface area contributed by atoms with E-state index in [1.54, 1.807) is 0 Å². The van der Waals surface area contributed by atoms with E-state index in [-0.39, 0.29) is 0 Å². The first kappa shape index (κ1) is 16.4. The van der Waals surface area contributed by atoms with Crippen molar-refractivity contribution in [2.45, 2.75) is 26.2 Å². The highest BCUT2D eigenvalue weighted by Crippen LogP contribution is 2.28. The zero-order valence-electron chi connectivity index (χ0n) is 14.6. The number of anilines is 1. The predicted molar refractivity (Wildman–Crippen MR) is 107 cm³/mol. The Morgan fingerprint density at radius 1 is 1.04 bits per heavy atom. The van der Waals surface area contributed by atoms with Crippen LogP contribution in [0.1, 0.15) is 24.0 Å². The quantitative estimate of drug-likeness (QED) is 0.606. The number of rotatable bonds is 3. The average molecular weight is 351 g/mol. The Morgan fingerprint density at radius 3 is 2.56 bits per heavy atom. The lowest BCUT2D eigenvalue weighted by Crippen LogP contribution is -2.34. The van der Waals surface area contributed by atoms with Crippen LogP contribution in [-0.4, -0.2) is 18.1 Å². The van der Waals surface area contributed by atoms with Gasteiger partial charge in [0.15, 0.2) is 0 Å². The minimum Gasteiger partial charge on any atom is -0.357 e. The van der Waals surface area contributed by atoms with E-state index in [1.807, 2.05) is 12.1 Å². The molecule has 1 aromatic heterocycles. The van der Waals surface area contributed by atoms with Crippen molar-refractivity contribution in [2.75, 3.05) is 18.0 Å². The SMILES string of the molecule is Cc1cc(N2CCC(Cc3ccccc3)CC2)nc2cc(Cl)ccc12. The second-order valence-corrected chi connectivity index (χ2v) is 7.52. The summed E-state index contributed by atoms with van der Waals surface area (Å²) >= 11 is 6.15. The van der Waals surface area contributed by atoms with Crippen molar-refractivity contribution in [1.82, 2.24) is 4.98 Å². The van der Waals surface area contributed by atoms with Crippen molar-refractivity contribution in [3.63, 3.8) is 0 Å². The van der Waals surface area contributed by atoms with Gasteiger partial charge in [0, 0.05) is 23.5 Å². The van der Waals surface area contributed by atoms with Crippen LogP contribution in [-0.2, 0) is 6.42 Å². The Hall–Kier alpha value is -2.06. The van der Waals surface area contributed by atoms with Crippen molar-refractivity contribution in [1.29, 1.82) is 0 Å². The monoisotopic (exact) mass is 350 g/mol. The van der Waals surface area contributed by atoms with Crippen molar-refractivity contribution in [3.05, 3.63) is 70.7 Å². The van der Waals surface area contributed by atoms with Crippen LogP contribution in [0.3, 0.4) is 0 Å². The zero-order chi connectivity index (χ0) is 17.2. The van der Waals surface area contributed by atoms with Gasteiger partial charge >= 0.3 is 0 Å². The van der Waals surface area contributed by atoms with Crippen LogP contribution in [0.2, 0.25) is 5.02 Å². The van der Waals surface area contributed by atoms with E-state index in [4.69, 9.17) is 16.6 Å². The maximum atomic E-state index is 6.15. The Labute approximate surface area is 154 Å². The Balaban J connectivity index is 1.48. The predicted octanol–water partition coefficient (Wildman–Crippen LogP) is 5.66. The fraction of sp³-hybridized carbons (Fsp3) is 0.318. The second-order valence-electron chi connectivity index (χ2n) is 7.08. The number of benzene rings is 2. The lowest BCUT2D eigenvalue weighted by molar-refractivity contribution is 0.402. The molecule has 0 amide bonds. The number of piperidine rings is 1. The zero-order valence-corrected chi connectivity index (χ0v) is 15.3. The molecule has 1 aliphatic heterocycles. The molecule has 0 bridgehead atoms. The number of halogens is 1. The van der Waals surface area contributed by atoms with Gasteiger partial charge in [0.25, 0.3) is 0 Å². The molecular weight excluding hydrogens is 328 g/mol. The standard InChI is InChI=1S/C22H23ClN2/c1-16-13-22(24-21-15-19(23)7-8-20(16)21)25-11-9-18(10-12-25)14-17-5-3-2-4-6-17/h2-8,13,15,18H,9-12,14H2,1H3.